The molecule has 1 atom stereocenters. The van der Waals surface area contributed by atoms with Crippen LogP contribution in [0.5, 0.6) is 0 Å². The van der Waals surface area contributed by atoms with Crippen LogP contribution in [0.2, 0.25) is 0 Å². The highest BCUT2D eigenvalue weighted by molar-refractivity contribution is 14.1. The number of benzene rings is 2. The van der Waals surface area contributed by atoms with E-state index in [9.17, 15) is 8.78 Å². The van der Waals surface area contributed by atoms with Crippen molar-refractivity contribution in [2.24, 2.45) is 5.84 Å². The molecule has 0 aliphatic heterocycles. The molecule has 0 aliphatic carbocycles. The van der Waals surface area contributed by atoms with Gasteiger partial charge in [0.1, 0.15) is 11.6 Å². The number of halogens is 3. The van der Waals surface area contributed by atoms with Gasteiger partial charge in [0, 0.05) is 9.64 Å². The van der Waals surface area contributed by atoms with Crippen molar-refractivity contribution in [2.45, 2.75) is 12.5 Å². The smallest absolute Gasteiger partial charge is 0.126 e. The van der Waals surface area contributed by atoms with Crippen LogP contribution in [-0.4, -0.2) is 0 Å². The predicted octanol–water partition coefficient (Wildman–Crippen LogP) is 3.32. The fraction of sp³-hybridized carbons (Fsp3) is 0.143. The Labute approximate surface area is 124 Å². The average molecular weight is 374 g/mol. The van der Waals surface area contributed by atoms with E-state index in [0.29, 0.717) is 12.0 Å². The fourth-order valence-corrected chi connectivity index (χ4v) is 2.74. The molecule has 0 radical (unpaired) electrons. The molecule has 3 N–H and O–H groups in total. The van der Waals surface area contributed by atoms with Crippen molar-refractivity contribution in [1.29, 1.82) is 0 Å². The van der Waals surface area contributed by atoms with E-state index in [1.54, 1.807) is 0 Å². The van der Waals surface area contributed by atoms with Gasteiger partial charge in [-0.15, -0.1) is 0 Å². The van der Waals surface area contributed by atoms with Crippen molar-refractivity contribution in [3.05, 3.63) is 68.8 Å². The first-order valence-corrected chi connectivity index (χ1v) is 6.83. The summed E-state index contributed by atoms with van der Waals surface area (Å²) in [6, 6.07) is 11.1. The Kier molecular flexibility index (Phi) is 4.84. The Balaban J connectivity index is 2.26. The van der Waals surface area contributed by atoms with Crippen molar-refractivity contribution in [2.75, 3.05) is 0 Å². The summed E-state index contributed by atoms with van der Waals surface area (Å²) in [5, 5.41) is 0. The van der Waals surface area contributed by atoms with Crippen LogP contribution in [0, 0.1) is 15.2 Å². The van der Waals surface area contributed by atoms with Crippen LogP contribution in [0.3, 0.4) is 0 Å². The zero-order valence-corrected chi connectivity index (χ0v) is 12.2. The molecule has 0 aromatic heterocycles. The van der Waals surface area contributed by atoms with Crippen molar-refractivity contribution >= 4 is 22.6 Å². The molecule has 100 valence electrons. The molecule has 0 saturated carbocycles. The Hall–Kier alpha value is -1.05. The summed E-state index contributed by atoms with van der Waals surface area (Å²) < 4.78 is 27.4. The predicted molar refractivity (Wildman–Crippen MR) is 79.3 cm³/mol. The van der Waals surface area contributed by atoms with Crippen molar-refractivity contribution < 1.29 is 8.78 Å². The molecule has 2 aromatic rings. The number of hydrazine groups is 1. The fourth-order valence-electron chi connectivity index (χ4n) is 1.98. The highest BCUT2D eigenvalue weighted by atomic mass is 127. The van der Waals surface area contributed by atoms with Crippen LogP contribution >= 0.6 is 22.6 Å². The van der Waals surface area contributed by atoms with Crippen LogP contribution in [0.1, 0.15) is 17.2 Å². The Bertz CT molecular complexity index is 555. The van der Waals surface area contributed by atoms with Gasteiger partial charge in [0.25, 0.3) is 0 Å². The lowest BCUT2D eigenvalue weighted by molar-refractivity contribution is 0.538. The second-order valence-electron chi connectivity index (χ2n) is 4.22. The molecule has 0 spiro atoms. The SMILES string of the molecule is NNC(Cc1cc(F)cc(F)c1)c1ccccc1I. The Morgan fingerprint density at radius 2 is 1.74 bits per heavy atom. The van der Waals surface area contributed by atoms with E-state index < -0.39 is 11.6 Å². The average Bonchev–Trinajstić information content (AvgIpc) is 2.36. The van der Waals surface area contributed by atoms with Gasteiger partial charge in [0.2, 0.25) is 0 Å². The zero-order valence-electron chi connectivity index (χ0n) is 10.0. The first-order chi connectivity index (χ1) is 9.10. The van der Waals surface area contributed by atoms with Gasteiger partial charge >= 0.3 is 0 Å². The molecule has 19 heavy (non-hydrogen) atoms. The van der Waals surface area contributed by atoms with Gasteiger partial charge in [0.05, 0.1) is 6.04 Å². The van der Waals surface area contributed by atoms with E-state index in [-0.39, 0.29) is 6.04 Å². The Morgan fingerprint density at radius 3 is 2.32 bits per heavy atom. The van der Waals surface area contributed by atoms with Crippen LogP contribution in [0.25, 0.3) is 0 Å². The van der Waals surface area contributed by atoms with E-state index in [1.807, 2.05) is 24.3 Å². The minimum atomic E-state index is -0.575. The van der Waals surface area contributed by atoms with Crippen LogP contribution in [-0.2, 0) is 6.42 Å². The van der Waals surface area contributed by atoms with Gasteiger partial charge < -0.3 is 0 Å². The Morgan fingerprint density at radius 1 is 1.11 bits per heavy atom. The number of rotatable bonds is 4. The third kappa shape index (κ3) is 3.71. The maximum atomic E-state index is 13.2. The van der Waals surface area contributed by atoms with E-state index >= 15 is 0 Å². The molecule has 2 nitrogen and oxygen atoms in total. The number of hydrogen-bond acceptors (Lipinski definition) is 2. The summed E-state index contributed by atoms with van der Waals surface area (Å²) >= 11 is 2.21. The molecule has 0 bridgehead atoms. The second-order valence-corrected chi connectivity index (χ2v) is 5.38. The molecular formula is C14H13F2IN2. The van der Waals surface area contributed by atoms with Gasteiger partial charge in [-0.25, -0.2) is 8.78 Å². The molecule has 0 heterocycles. The molecule has 2 aromatic carbocycles. The molecule has 2 rings (SSSR count). The number of hydrogen-bond donors (Lipinski definition) is 2. The molecule has 1 unspecified atom stereocenters. The van der Waals surface area contributed by atoms with Gasteiger partial charge in [-0.1, -0.05) is 18.2 Å². The van der Waals surface area contributed by atoms with Gasteiger partial charge in [-0.3, -0.25) is 11.3 Å². The van der Waals surface area contributed by atoms with Gasteiger partial charge in [-0.05, 0) is 58.3 Å². The van der Waals surface area contributed by atoms with E-state index in [1.165, 1.54) is 12.1 Å². The maximum absolute atomic E-state index is 13.2. The highest BCUT2D eigenvalue weighted by Gasteiger charge is 2.14. The highest BCUT2D eigenvalue weighted by Crippen LogP contribution is 2.23. The van der Waals surface area contributed by atoms with Gasteiger partial charge in [0.15, 0.2) is 0 Å². The maximum Gasteiger partial charge on any atom is 0.126 e. The summed E-state index contributed by atoms with van der Waals surface area (Å²) in [6.45, 7) is 0. The summed E-state index contributed by atoms with van der Waals surface area (Å²) in [7, 11) is 0. The van der Waals surface area contributed by atoms with Gasteiger partial charge in [-0.2, -0.15) is 0 Å². The van der Waals surface area contributed by atoms with Crippen molar-refractivity contribution in [1.82, 2.24) is 5.43 Å². The van der Waals surface area contributed by atoms with Crippen LogP contribution < -0.4 is 11.3 Å². The first-order valence-electron chi connectivity index (χ1n) is 5.75. The minimum absolute atomic E-state index is 0.186. The topological polar surface area (TPSA) is 38.0 Å². The lowest BCUT2D eigenvalue weighted by Crippen LogP contribution is -2.30. The van der Waals surface area contributed by atoms with E-state index in [0.717, 1.165) is 15.2 Å². The first kappa shape index (κ1) is 14.4. The van der Waals surface area contributed by atoms with Crippen LogP contribution in [0.4, 0.5) is 8.78 Å². The normalized spacial score (nSPS) is 12.4. The van der Waals surface area contributed by atoms with Crippen molar-refractivity contribution in [3.63, 3.8) is 0 Å². The standard InChI is InChI=1S/C14H13F2IN2/c15-10-5-9(6-11(16)8-10)7-14(19-18)12-3-1-2-4-13(12)17/h1-6,8,14,19H,7,18H2. The van der Waals surface area contributed by atoms with Crippen LogP contribution in [0.15, 0.2) is 42.5 Å². The third-order valence-corrected chi connectivity index (χ3v) is 3.83. The molecule has 0 amide bonds. The summed E-state index contributed by atoms with van der Waals surface area (Å²) in [5.41, 5.74) is 4.28. The quantitative estimate of drug-likeness (QED) is 0.490. The molecule has 5 heteroatoms. The summed E-state index contributed by atoms with van der Waals surface area (Å²) in [4.78, 5) is 0. The largest absolute Gasteiger partial charge is 0.271 e. The summed E-state index contributed by atoms with van der Waals surface area (Å²) in [5.74, 6) is 4.41. The molecule has 0 saturated heterocycles. The lowest BCUT2D eigenvalue weighted by atomic mass is 9.99. The number of nitrogens with two attached hydrogens (primary N) is 1. The molecular weight excluding hydrogens is 361 g/mol. The summed E-state index contributed by atoms with van der Waals surface area (Å²) in [6.07, 6.45) is 0.422. The minimum Gasteiger partial charge on any atom is -0.271 e. The molecule has 0 fully saturated rings. The molecule has 0 aliphatic rings. The lowest BCUT2D eigenvalue weighted by Gasteiger charge is -2.18. The van der Waals surface area contributed by atoms with Crippen molar-refractivity contribution in [3.8, 4) is 0 Å². The third-order valence-electron chi connectivity index (χ3n) is 2.84. The monoisotopic (exact) mass is 374 g/mol. The second kappa shape index (κ2) is 6.40. The van der Waals surface area contributed by atoms with E-state index in [2.05, 4.69) is 28.0 Å². The zero-order chi connectivity index (χ0) is 13.8. The van der Waals surface area contributed by atoms with E-state index in [4.69, 9.17) is 5.84 Å². The number of nitrogens with one attached hydrogen (secondary N) is 1.